The molecular weight excluding hydrogens is 272 g/mol. The molecule has 0 aliphatic carbocycles. The van der Waals surface area contributed by atoms with Crippen molar-refractivity contribution in [2.24, 2.45) is 10.9 Å². The fourth-order valence-corrected chi connectivity index (χ4v) is 2.86. The van der Waals surface area contributed by atoms with Crippen molar-refractivity contribution < 1.29 is 19.1 Å². The first kappa shape index (κ1) is 13.5. The van der Waals surface area contributed by atoms with Crippen molar-refractivity contribution in [1.82, 2.24) is 4.98 Å². The Balaban J connectivity index is 2.16. The van der Waals surface area contributed by atoms with Crippen molar-refractivity contribution in [3.05, 3.63) is 41.4 Å². The lowest BCUT2D eigenvalue weighted by Crippen LogP contribution is -2.34. The zero-order valence-corrected chi connectivity index (χ0v) is 11.7. The van der Waals surface area contributed by atoms with Gasteiger partial charge in [0.2, 0.25) is 0 Å². The number of nitrogens with zero attached hydrogens (tertiary/aromatic N) is 2. The number of methoxy groups -OCH3 is 1. The summed E-state index contributed by atoms with van der Waals surface area (Å²) < 4.78 is 9.96. The number of carbonyl (C=O) groups excluding carboxylic acids is 2. The molecule has 108 valence electrons. The molecule has 3 rings (SSSR count). The molecule has 0 bridgehead atoms. The highest BCUT2D eigenvalue weighted by molar-refractivity contribution is 6.07. The Morgan fingerprint density at radius 3 is 2.76 bits per heavy atom. The van der Waals surface area contributed by atoms with Gasteiger partial charge in [-0.2, -0.15) is 0 Å². The first-order chi connectivity index (χ1) is 10.1. The van der Waals surface area contributed by atoms with E-state index in [0.717, 1.165) is 5.56 Å². The molecule has 1 aromatic rings. The molecule has 0 radical (unpaired) electrons. The lowest BCUT2D eigenvalue weighted by atomic mass is 9.76. The molecule has 2 unspecified atom stereocenters. The van der Waals surface area contributed by atoms with E-state index in [1.54, 1.807) is 31.5 Å². The summed E-state index contributed by atoms with van der Waals surface area (Å²) in [5.74, 6) is -1.90. The maximum atomic E-state index is 12.2. The second-order valence-electron chi connectivity index (χ2n) is 4.95. The number of aromatic nitrogens is 1. The predicted molar refractivity (Wildman–Crippen MR) is 73.6 cm³/mol. The molecule has 0 amide bonds. The number of pyridine rings is 1. The van der Waals surface area contributed by atoms with Crippen molar-refractivity contribution in [3.63, 3.8) is 0 Å². The average molecular weight is 286 g/mol. The van der Waals surface area contributed by atoms with Crippen LogP contribution in [0.4, 0.5) is 0 Å². The minimum absolute atomic E-state index is 0.154. The van der Waals surface area contributed by atoms with Crippen LogP contribution in [0.15, 0.2) is 40.8 Å². The number of carbonyl (C=O) groups is 2. The Labute approximate surface area is 121 Å². The van der Waals surface area contributed by atoms with E-state index in [0.29, 0.717) is 17.0 Å². The lowest BCUT2D eigenvalue weighted by Gasteiger charge is -2.28. The molecule has 21 heavy (non-hydrogen) atoms. The SMILES string of the molecule is COC(=O)C1C(C)=NC2=C(C(=O)OC2)C1c1ccncc1. The van der Waals surface area contributed by atoms with Gasteiger partial charge in [-0.15, -0.1) is 0 Å². The van der Waals surface area contributed by atoms with Crippen molar-refractivity contribution in [2.45, 2.75) is 12.8 Å². The summed E-state index contributed by atoms with van der Waals surface area (Å²) in [5, 5.41) is 0. The van der Waals surface area contributed by atoms with Crippen LogP contribution < -0.4 is 0 Å². The van der Waals surface area contributed by atoms with Crippen LogP contribution in [0.2, 0.25) is 0 Å². The molecule has 0 saturated heterocycles. The molecule has 6 nitrogen and oxygen atoms in total. The van der Waals surface area contributed by atoms with Crippen molar-refractivity contribution in [1.29, 1.82) is 0 Å². The lowest BCUT2D eigenvalue weighted by molar-refractivity contribution is -0.143. The highest BCUT2D eigenvalue weighted by atomic mass is 16.5. The molecule has 0 saturated carbocycles. The number of aliphatic imine (C=N–C) groups is 1. The summed E-state index contributed by atoms with van der Waals surface area (Å²) in [6.45, 7) is 1.92. The van der Waals surface area contributed by atoms with Crippen LogP contribution in [0.3, 0.4) is 0 Å². The normalized spacial score (nSPS) is 24.3. The van der Waals surface area contributed by atoms with Gasteiger partial charge in [0, 0.05) is 24.0 Å². The van der Waals surface area contributed by atoms with Crippen LogP contribution in [0, 0.1) is 5.92 Å². The Morgan fingerprint density at radius 2 is 2.10 bits per heavy atom. The second kappa shape index (κ2) is 5.12. The monoisotopic (exact) mass is 286 g/mol. The van der Waals surface area contributed by atoms with Crippen molar-refractivity contribution in [2.75, 3.05) is 13.7 Å². The molecule has 0 aromatic carbocycles. The molecule has 2 aliphatic rings. The Bertz CT molecular complexity index is 664. The first-order valence-electron chi connectivity index (χ1n) is 6.56. The third kappa shape index (κ3) is 2.12. The van der Waals surface area contributed by atoms with Crippen molar-refractivity contribution >= 4 is 17.7 Å². The topological polar surface area (TPSA) is 77.8 Å². The first-order valence-corrected chi connectivity index (χ1v) is 6.56. The zero-order valence-electron chi connectivity index (χ0n) is 11.7. The number of hydrogen-bond acceptors (Lipinski definition) is 6. The van der Waals surface area contributed by atoms with Gasteiger partial charge >= 0.3 is 11.9 Å². The van der Waals surface area contributed by atoms with E-state index in [9.17, 15) is 9.59 Å². The van der Waals surface area contributed by atoms with Gasteiger partial charge in [-0.25, -0.2) is 4.79 Å². The standard InChI is InChI=1S/C15H14N2O4/c1-8-11(14(18)20-2)12(9-3-5-16-6-4-9)13-10(17-8)7-21-15(13)19/h3-6,11-12H,7H2,1-2H3. The van der Waals surface area contributed by atoms with E-state index >= 15 is 0 Å². The maximum Gasteiger partial charge on any atom is 0.337 e. The number of esters is 2. The minimum Gasteiger partial charge on any atom is -0.468 e. The van der Waals surface area contributed by atoms with Crippen LogP contribution in [0.5, 0.6) is 0 Å². The van der Waals surface area contributed by atoms with Gasteiger partial charge in [-0.1, -0.05) is 0 Å². The summed E-state index contributed by atoms with van der Waals surface area (Å²) in [7, 11) is 1.33. The molecule has 6 heteroatoms. The third-order valence-electron chi connectivity index (χ3n) is 3.80. The van der Waals surface area contributed by atoms with Gasteiger partial charge in [0.15, 0.2) is 0 Å². The highest BCUT2D eigenvalue weighted by Crippen LogP contribution is 2.41. The van der Waals surface area contributed by atoms with Crippen LogP contribution in [0.1, 0.15) is 18.4 Å². The fraction of sp³-hybridized carbons (Fsp3) is 0.333. The van der Waals surface area contributed by atoms with E-state index in [1.165, 1.54) is 7.11 Å². The number of cyclic esters (lactones) is 1. The number of rotatable bonds is 2. The molecule has 2 aliphatic heterocycles. The smallest absolute Gasteiger partial charge is 0.337 e. The fourth-order valence-electron chi connectivity index (χ4n) is 2.86. The molecule has 1 aromatic heterocycles. The van der Waals surface area contributed by atoms with E-state index in [2.05, 4.69) is 9.98 Å². The van der Waals surface area contributed by atoms with Crippen molar-refractivity contribution in [3.8, 4) is 0 Å². The number of hydrogen-bond donors (Lipinski definition) is 0. The average Bonchev–Trinajstić information content (AvgIpc) is 2.87. The van der Waals surface area contributed by atoms with Gasteiger partial charge < -0.3 is 9.47 Å². The molecular formula is C15H14N2O4. The van der Waals surface area contributed by atoms with E-state index in [4.69, 9.17) is 9.47 Å². The molecule has 3 heterocycles. The largest absolute Gasteiger partial charge is 0.468 e. The van der Waals surface area contributed by atoms with Crippen LogP contribution >= 0.6 is 0 Å². The van der Waals surface area contributed by atoms with Crippen LogP contribution in [-0.2, 0) is 19.1 Å². The Kier molecular flexibility index (Phi) is 3.29. The number of ether oxygens (including phenoxy) is 2. The van der Waals surface area contributed by atoms with Crippen LogP contribution in [-0.4, -0.2) is 36.4 Å². The van der Waals surface area contributed by atoms with Gasteiger partial charge in [-0.05, 0) is 24.6 Å². The van der Waals surface area contributed by atoms with E-state index in [-0.39, 0.29) is 6.61 Å². The molecule has 0 N–H and O–H groups in total. The molecule has 2 atom stereocenters. The third-order valence-corrected chi connectivity index (χ3v) is 3.80. The maximum absolute atomic E-state index is 12.2. The minimum atomic E-state index is -0.623. The van der Waals surface area contributed by atoms with E-state index < -0.39 is 23.8 Å². The zero-order chi connectivity index (χ0) is 15.0. The summed E-state index contributed by atoms with van der Waals surface area (Å²) in [6, 6.07) is 3.57. The Hall–Kier alpha value is -2.50. The van der Waals surface area contributed by atoms with E-state index in [1.807, 2.05) is 0 Å². The van der Waals surface area contributed by atoms with Gasteiger partial charge in [0.25, 0.3) is 0 Å². The van der Waals surface area contributed by atoms with Gasteiger partial charge in [-0.3, -0.25) is 14.8 Å². The van der Waals surface area contributed by atoms with Gasteiger partial charge in [0.05, 0.1) is 18.4 Å². The summed E-state index contributed by atoms with van der Waals surface area (Å²) in [5.41, 5.74) is 2.49. The summed E-state index contributed by atoms with van der Waals surface area (Å²) >= 11 is 0. The highest BCUT2D eigenvalue weighted by Gasteiger charge is 2.45. The van der Waals surface area contributed by atoms with Gasteiger partial charge in [0.1, 0.15) is 12.5 Å². The molecule has 0 fully saturated rings. The second-order valence-corrected chi connectivity index (χ2v) is 4.95. The molecule has 0 spiro atoms. The van der Waals surface area contributed by atoms with Crippen LogP contribution in [0.25, 0.3) is 0 Å². The predicted octanol–water partition coefficient (Wildman–Crippen LogP) is 1.24. The quantitative estimate of drug-likeness (QED) is 0.764. The summed E-state index contributed by atoms with van der Waals surface area (Å²) in [6.07, 6.45) is 3.26. The summed E-state index contributed by atoms with van der Waals surface area (Å²) in [4.78, 5) is 32.5. The Morgan fingerprint density at radius 1 is 1.38 bits per heavy atom.